The molecule has 7 heteroatoms. The summed E-state index contributed by atoms with van der Waals surface area (Å²) < 4.78 is 48.0. The maximum atomic E-state index is 12.4. The van der Waals surface area contributed by atoms with E-state index in [1.807, 2.05) is 25.1 Å². The van der Waals surface area contributed by atoms with Gasteiger partial charge in [0.2, 0.25) is 0 Å². The molecular formula is C17H25F3N2O2. The van der Waals surface area contributed by atoms with E-state index in [1.165, 1.54) is 4.90 Å². The fraction of sp³-hybridized carbons (Fsp3) is 0.647. The number of likely N-dealkylation sites (tertiary alicyclic amines) is 1. The standard InChI is InChI=1S/C17H25F3N2O2/c1-3-24-15-5-4-13(8-16(15)23-2)9-21-10-14-6-7-22(11-14)12-17(18,19)20/h4-5,8,14,21H,3,6-7,9-12H2,1-2H3/t14-/m1/s1. The summed E-state index contributed by atoms with van der Waals surface area (Å²) in [4.78, 5) is 1.48. The van der Waals surface area contributed by atoms with Crippen molar-refractivity contribution in [1.82, 2.24) is 10.2 Å². The predicted octanol–water partition coefficient (Wildman–Crippen LogP) is 3.07. The molecule has 1 aromatic rings. The number of benzene rings is 1. The van der Waals surface area contributed by atoms with E-state index in [1.54, 1.807) is 7.11 Å². The van der Waals surface area contributed by atoms with Crippen LogP contribution < -0.4 is 14.8 Å². The molecule has 0 spiro atoms. The minimum atomic E-state index is -4.11. The minimum absolute atomic E-state index is 0.261. The monoisotopic (exact) mass is 346 g/mol. The van der Waals surface area contributed by atoms with Gasteiger partial charge in [-0.25, -0.2) is 0 Å². The number of hydrogen-bond donors (Lipinski definition) is 1. The lowest BCUT2D eigenvalue weighted by atomic mass is 10.1. The van der Waals surface area contributed by atoms with Crippen LogP contribution in [0.1, 0.15) is 18.9 Å². The van der Waals surface area contributed by atoms with Gasteiger partial charge in [0.15, 0.2) is 11.5 Å². The Bertz CT molecular complexity index is 523. The minimum Gasteiger partial charge on any atom is -0.493 e. The van der Waals surface area contributed by atoms with E-state index < -0.39 is 12.7 Å². The lowest BCUT2D eigenvalue weighted by Gasteiger charge is -2.18. The second kappa shape index (κ2) is 8.58. The Labute approximate surface area is 140 Å². The third kappa shape index (κ3) is 5.87. The quantitative estimate of drug-likeness (QED) is 0.784. The van der Waals surface area contributed by atoms with Gasteiger partial charge >= 0.3 is 6.18 Å². The Morgan fingerprint density at radius 1 is 1.29 bits per heavy atom. The molecule has 0 saturated carbocycles. The third-order valence-corrected chi connectivity index (χ3v) is 4.06. The second-order valence-corrected chi connectivity index (χ2v) is 6.05. The molecule has 0 unspecified atom stereocenters. The highest BCUT2D eigenvalue weighted by Crippen LogP contribution is 2.28. The zero-order valence-corrected chi connectivity index (χ0v) is 14.2. The van der Waals surface area contributed by atoms with Gasteiger partial charge in [-0.3, -0.25) is 4.90 Å². The summed E-state index contributed by atoms with van der Waals surface area (Å²) in [5.74, 6) is 1.66. The molecule has 0 aliphatic carbocycles. The Morgan fingerprint density at radius 2 is 2.08 bits per heavy atom. The number of halogens is 3. The summed E-state index contributed by atoms with van der Waals surface area (Å²) in [6.45, 7) is 4.06. The second-order valence-electron chi connectivity index (χ2n) is 6.05. The van der Waals surface area contributed by atoms with Crippen molar-refractivity contribution in [2.75, 3.05) is 39.9 Å². The first-order valence-electron chi connectivity index (χ1n) is 8.20. The molecule has 1 fully saturated rings. The van der Waals surface area contributed by atoms with Gasteiger partial charge in [-0.05, 0) is 50.0 Å². The fourth-order valence-corrected chi connectivity index (χ4v) is 2.99. The fourth-order valence-electron chi connectivity index (χ4n) is 2.99. The Kier molecular flexibility index (Phi) is 6.74. The summed E-state index contributed by atoms with van der Waals surface area (Å²) >= 11 is 0. The van der Waals surface area contributed by atoms with Crippen LogP contribution in [0.15, 0.2) is 18.2 Å². The van der Waals surface area contributed by atoms with Crippen molar-refractivity contribution in [3.63, 3.8) is 0 Å². The van der Waals surface area contributed by atoms with Crippen molar-refractivity contribution >= 4 is 0 Å². The molecule has 1 heterocycles. The number of hydrogen-bond acceptors (Lipinski definition) is 4. The van der Waals surface area contributed by atoms with Crippen LogP contribution >= 0.6 is 0 Å². The van der Waals surface area contributed by atoms with Gasteiger partial charge in [-0.2, -0.15) is 13.2 Å². The highest BCUT2D eigenvalue weighted by atomic mass is 19.4. The van der Waals surface area contributed by atoms with Crippen LogP contribution in [-0.4, -0.2) is 51.0 Å². The normalized spacial score (nSPS) is 18.8. The van der Waals surface area contributed by atoms with Crippen LogP contribution in [0, 0.1) is 5.92 Å². The molecule has 1 N–H and O–H groups in total. The van der Waals surface area contributed by atoms with Crippen LogP contribution in [0.2, 0.25) is 0 Å². The SMILES string of the molecule is CCOc1ccc(CNC[C@H]2CCN(CC(F)(F)F)C2)cc1OC. The van der Waals surface area contributed by atoms with E-state index >= 15 is 0 Å². The lowest BCUT2D eigenvalue weighted by Crippen LogP contribution is -2.33. The van der Waals surface area contributed by atoms with Crippen molar-refractivity contribution in [2.24, 2.45) is 5.92 Å². The molecule has 0 aromatic heterocycles. The first-order chi connectivity index (χ1) is 11.4. The number of methoxy groups -OCH3 is 1. The van der Waals surface area contributed by atoms with Crippen molar-refractivity contribution in [3.05, 3.63) is 23.8 Å². The van der Waals surface area contributed by atoms with Crippen LogP contribution in [-0.2, 0) is 6.54 Å². The summed E-state index contributed by atoms with van der Waals surface area (Å²) in [5, 5.41) is 3.33. The Morgan fingerprint density at radius 3 is 2.75 bits per heavy atom. The number of alkyl halides is 3. The van der Waals surface area contributed by atoms with Crippen molar-refractivity contribution in [3.8, 4) is 11.5 Å². The van der Waals surface area contributed by atoms with E-state index in [4.69, 9.17) is 9.47 Å². The van der Waals surface area contributed by atoms with Crippen molar-refractivity contribution < 1.29 is 22.6 Å². The van der Waals surface area contributed by atoms with Gasteiger partial charge in [0.05, 0.1) is 20.3 Å². The molecule has 0 bridgehead atoms. The molecule has 1 aliphatic heterocycles. The largest absolute Gasteiger partial charge is 0.493 e. The van der Waals surface area contributed by atoms with Gasteiger partial charge in [-0.15, -0.1) is 0 Å². The number of nitrogens with one attached hydrogen (secondary N) is 1. The van der Waals surface area contributed by atoms with Crippen LogP contribution in [0.4, 0.5) is 13.2 Å². The molecule has 24 heavy (non-hydrogen) atoms. The maximum Gasteiger partial charge on any atom is 0.401 e. The summed E-state index contributed by atoms with van der Waals surface area (Å²) in [7, 11) is 1.60. The first kappa shape index (κ1) is 18.9. The number of nitrogens with zero attached hydrogens (tertiary/aromatic N) is 1. The van der Waals surface area contributed by atoms with E-state index in [9.17, 15) is 13.2 Å². The molecule has 136 valence electrons. The molecule has 0 amide bonds. The summed E-state index contributed by atoms with van der Waals surface area (Å²) in [6, 6.07) is 5.76. The number of ether oxygens (including phenoxy) is 2. The number of rotatable bonds is 8. The Balaban J connectivity index is 1.76. The highest BCUT2D eigenvalue weighted by molar-refractivity contribution is 5.42. The van der Waals surface area contributed by atoms with Crippen LogP contribution in [0.3, 0.4) is 0 Å². The van der Waals surface area contributed by atoms with Gasteiger partial charge in [0.1, 0.15) is 0 Å². The van der Waals surface area contributed by atoms with E-state index in [0.717, 1.165) is 12.0 Å². The lowest BCUT2D eigenvalue weighted by molar-refractivity contribution is -0.143. The van der Waals surface area contributed by atoms with Gasteiger partial charge < -0.3 is 14.8 Å². The molecule has 1 aliphatic rings. The molecule has 0 radical (unpaired) electrons. The predicted molar refractivity (Wildman–Crippen MR) is 86.5 cm³/mol. The maximum absolute atomic E-state index is 12.4. The molecule has 1 saturated heterocycles. The van der Waals surface area contributed by atoms with Crippen LogP contribution in [0.5, 0.6) is 11.5 Å². The van der Waals surface area contributed by atoms with Gasteiger partial charge in [-0.1, -0.05) is 6.07 Å². The topological polar surface area (TPSA) is 33.7 Å². The Hall–Kier alpha value is -1.47. The van der Waals surface area contributed by atoms with E-state index in [-0.39, 0.29) is 5.92 Å². The highest BCUT2D eigenvalue weighted by Gasteiger charge is 2.34. The van der Waals surface area contributed by atoms with Gasteiger partial charge in [0, 0.05) is 13.1 Å². The first-order valence-corrected chi connectivity index (χ1v) is 8.20. The molecule has 1 atom stereocenters. The van der Waals surface area contributed by atoms with Crippen molar-refractivity contribution in [2.45, 2.75) is 26.1 Å². The molecule has 2 rings (SSSR count). The van der Waals surface area contributed by atoms with E-state index in [0.29, 0.717) is 44.3 Å². The average Bonchev–Trinajstić information content (AvgIpc) is 2.94. The average molecular weight is 346 g/mol. The van der Waals surface area contributed by atoms with Crippen molar-refractivity contribution in [1.29, 1.82) is 0 Å². The van der Waals surface area contributed by atoms with E-state index in [2.05, 4.69) is 5.32 Å². The molecular weight excluding hydrogens is 321 g/mol. The zero-order valence-electron chi connectivity index (χ0n) is 14.2. The van der Waals surface area contributed by atoms with Crippen LogP contribution in [0.25, 0.3) is 0 Å². The van der Waals surface area contributed by atoms with Gasteiger partial charge in [0.25, 0.3) is 0 Å². The summed E-state index contributed by atoms with van der Waals surface area (Å²) in [6.07, 6.45) is -3.31. The third-order valence-electron chi connectivity index (χ3n) is 4.06. The summed E-state index contributed by atoms with van der Waals surface area (Å²) in [5.41, 5.74) is 1.06. The zero-order chi connectivity index (χ0) is 17.6. The smallest absolute Gasteiger partial charge is 0.401 e. The molecule has 1 aromatic carbocycles. The molecule has 4 nitrogen and oxygen atoms in total.